The van der Waals surface area contributed by atoms with Gasteiger partial charge in [-0.25, -0.2) is 0 Å². The fourth-order valence-electron chi connectivity index (χ4n) is 5.11. The Morgan fingerprint density at radius 1 is 0.973 bits per heavy atom. The molecular weight excluding hydrogens is 479 g/mol. The largest absolute Gasteiger partial charge is 0.495 e. The van der Waals surface area contributed by atoms with Crippen LogP contribution < -0.4 is 9.64 Å². The standard InChI is InChI=1S/C29H28F3N3O2/c1-37-27-12-5-4-11-26(27)34-13-15-35(16-14-34)28(36)18-23(20-7-6-8-21(17-20)29(30,31)32)24-19-33-25-10-3-2-9-22(24)25/h2-12,17,19,23,33H,13-16,18H2,1H3/t23-/m1/s1. The molecule has 0 saturated carbocycles. The molecule has 2 heterocycles. The van der Waals surface area contributed by atoms with Gasteiger partial charge in [0.05, 0.1) is 18.4 Å². The smallest absolute Gasteiger partial charge is 0.416 e. The third kappa shape index (κ3) is 5.14. The number of aromatic amines is 1. The zero-order valence-electron chi connectivity index (χ0n) is 20.5. The molecule has 192 valence electrons. The molecule has 3 aromatic carbocycles. The van der Waals surface area contributed by atoms with Crippen LogP contribution in [0.25, 0.3) is 10.9 Å². The highest BCUT2D eigenvalue weighted by molar-refractivity contribution is 5.86. The fourth-order valence-corrected chi connectivity index (χ4v) is 5.11. The second-order valence-electron chi connectivity index (χ2n) is 9.21. The first-order chi connectivity index (χ1) is 17.8. The molecule has 1 aliphatic heterocycles. The number of aromatic nitrogens is 1. The maximum atomic E-state index is 13.5. The quantitative estimate of drug-likeness (QED) is 0.345. The molecule has 1 atom stereocenters. The van der Waals surface area contributed by atoms with Gasteiger partial charge in [-0.3, -0.25) is 4.79 Å². The van der Waals surface area contributed by atoms with Crippen LogP contribution in [-0.2, 0) is 11.0 Å². The minimum Gasteiger partial charge on any atom is -0.495 e. The Hall–Kier alpha value is -3.94. The van der Waals surface area contributed by atoms with E-state index in [9.17, 15) is 18.0 Å². The number of hydrogen-bond acceptors (Lipinski definition) is 3. The zero-order valence-corrected chi connectivity index (χ0v) is 20.5. The summed E-state index contributed by atoms with van der Waals surface area (Å²) in [6.07, 6.45) is -2.57. The Labute approximate surface area is 213 Å². The fraction of sp³-hybridized carbons (Fsp3) is 0.276. The minimum absolute atomic E-state index is 0.0765. The van der Waals surface area contributed by atoms with Gasteiger partial charge < -0.3 is 19.5 Å². The van der Waals surface area contributed by atoms with Crippen LogP contribution in [0.2, 0.25) is 0 Å². The summed E-state index contributed by atoms with van der Waals surface area (Å²) < 4.78 is 46.0. The lowest BCUT2D eigenvalue weighted by Crippen LogP contribution is -2.49. The van der Waals surface area contributed by atoms with Gasteiger partial charge in [-0.2, -0.15) is 13.2 Å². The number of piperazine rings is 1. The number of carbonyl (C=O) groups is 1. The van der Waals surface area contributed by atoms with Gasteiger partial charge in [-0.15, -0.1) is 0 Å². The molecule has 0 spiro atoms. The number of alkyl halides is 3. The van der Waals surface area contributed by atoms with Crippen molar-refractivity contribution < 1.29 is 22.7 Å². The third-order valence-corrected chi connectivity index (χ3v) is 7.05. The average Bonchev–Trinajstić information content (AvgIpc) is 3.35. The summed E-state index contributed by atoms with van der Waals surface area (Å²) in [7, 11) is 1.64. The van der Waals surface area contributed by atoms with Crippen LogP contribution in [0.4, 0.5) is 18.9 Å². The summed E-state index contributed by atoms with van der Waals surface area (Å²) in [6, 6.07) is 20.7. The molecule has 0 unspecified atom stereocenters. The molecule has 8 heteroatoms. The summed E-state index contributed by atoms with van der Waals surface area (Å²) >= 11 is 0. The molecule has 1 N–H and O–H groups in total. The van der Waals surface area contributed by atoms with E-state index in [2.05, 4.69) is 9.88 Å². The Morgan fingerprint density at radius 3 is 2.46 bits per heavy atom. The normalized spacial score (nSPS) is 15.1. The van der Waals surface area contributed by atoms with Crippen LogP contribution in [0.3, 0.4) is 0 Å². The van der Waals surface area contributed by atoms with E-state index >= 15 is 0 Å². The molecule has 5 nitrogen and oxygen atoms in total. The number of amides is 1. The lowest BCUT2D eigenvalue weighted by Gasteiger charge is -2.37. The summed E-state index contributed by atoms with van der Waals surface area (Å²) in [5.41, 5.74) is 2.44. The lowest BCUT2D eigenvalue weighted by molar-refractivity contribution is -0.137. The van der Waals surface area contributed by atoms with Gasteiger partial charge in [0.2, 0.25) is 5.91 Å². The van der Waals surface area contributed by atoms with E-state index in [0.29, 0.717) is 31.7 Å². The van der Waals surface area contributed by atoms with Crippen molar-refractivity contribution in [2.45, 2.75) is 18.5 Å². The summed E-state index contributed by atoms with van der Waals surface area (Å²) in [6.45, 7) is 2.35. The number of hydrogen-bond donors (Lipinski definition) is 1. The summed E-state index contributed by atoms with van der Waals surface area (Å²) in [5, 5.41) is 0.902. The number of benzene rings is 3. The highest BCUT2D eigenvalue weighted by Crippen LogP contribution is 2.37. The molecule has 4 aromatic rings. The molecule has 5 rings (SSSR count). The van der Waals surface area contributed by atoms with Crippen molar-refractivity contribution in [3.63, 3.8) is 0 Å². The molecule has 1 saturated heterocycles. The van der Waals surface area contributed by atoms with E-state index in [1.165, 1.54) is 12.1 Å². The number of H-pyrrole nitrogens is 1. The van der Waals surface area contributed by atoms with Gasteiger partial charge in [-0.05, 0) is 35.4 Å². The highest BCUT2D eigenvalue weighted by Gasteiger charge is 2.32. The van der Waals surface area contributed by atoms with Crippen molar-refractivity contribution in [1.29, 1.82) is 0 Å². The average molecular weight is 508 g/mol. The van der Waals surface area contributed by atoms with Crippen LogP contribution in [0, 0.1) is 0 Å². The molecule has 37 heavy (non-hydrogen) atoms. The SMILES string of the molecule is COc1ccccc1N1CCN(C(=O)C[C@H](c2cccc(C(F)(F)F)c2)c2c[nH]c3ccccc23)CC1. The number of fused-ring (bicyclic) bond motifs is 1. The van der Waals surface area contributed by atoms with Gasteiger partial charge in [0.1, 0.15) is 5.75 Å². The molecule has 1 fully saturated rings. The maximum absolute atomic E-state index is 13.5. The topological polar surface area (TPSA) is 48.6 Å². The number of methoxy groups -OCH3 is 1. The van der Waals surface area contributed by atoms with Crippen LogP contribution in [0.1, 0.15) is 29.0 Å². The van der Waals surface area contributed by atoms with Crippen molar-refractivity contribution in [1.82, 2.24) is 9.88 Å². The number of carbonyl (C=O) groups excluding carboxylic acids is 1. The first-order valence-corrected chi connectivity index (χ1v) is 12.2. The van der Waals surface area contributed by atoms with Crippen LogP contribution in [-0.4, -0.2) is 49.1 Å². The molecule has 1 aromatic heterocycles. The number of ether oxygens (including phenoxy) is 1. The summed E-state index contributed by atoms with van der Waals surface area (Å²) in [5.74, 6) is 0.191. The van der Waals surface area contributed by atoms with E-state index in [1.807, 2.05) is 54.7 Å². The first kappa shape index (κ1) is 24.7. The Kier molecular flexibility index (Phi) is 6.82. The Bertz CT molecular complexity index is 1390. The van der Waals surface area contributed by atoms with Gasteiger partial charge in [-0.1, -0.05) is 48.5 Å². The van der Waals surface area contributed by atoms with Crippen molar-refractivity contribution in [2.75, 3.05) is 38.2 Å². The second-order valence-corrected chi connectivity index (χ2v) is 9.21. The number of para-hydroxylation sites is 3. The van der Waals surface area contributed by atoms with Gasteiger partial charge >= 0.3 is 6.18 Å². The van der Waals surface area contributed by atoms with Crippen molar-refractivity contribution in [3.8, 4) is 5.75 Å². The number of nitrogens with zero attached hydrogens (tertiary/aromatic N) is 2. The Morgan fingerprint density at radius 2 is 1.70 bits per heavy atom. The van der Waals surface area contributed by atoms with E-state index in [0.717, 1.165) is 34.0 Å². The van der Waals surface area contributed by atoms with Crippen LogP contribution in [0.5, 0.6) is 5.75 Å². The Balaban J connectivity index is 1.39. The monoisotopic (exact) mass is 507 g/mol. The van der Waals surface area contributed by atoms with Crippen LogP contribution in [0.15, 0.2) is 79.0 Å². The van der Waals surface area contributed by atoms with Gasteiger partial charge in [0.25, 0.3) is 0 Å². The predicted octanol–water partition coefficient (Wildman–Crippen LogP) is 6.07. The van der Waals surface area contributed by atoms with Crippen molar-refractivity contribution in [2.24, 2.45) is 0 Å². The zero-order chi connectivity index (χ0) is 26.0. The molecule has 0 radical (unpaired) electrons. The number of nitrogens with one attached hydrogen (secondary N) is 1. The second kappa shape index (κ2) is 10.2. The minimum atomic E-state index is -4.46. The van der Waals surface area contributed by atoms with E-state index < -0.39 is 17.7 Å². The maximum Gasteiger partial charge on any atom is 0.416 e. The predicted molar refractivity (Wildman–Crippen MR) is 138 cm³/mol. The third-order valence-electron chi connectivity index (χ3n) is 7.05. The molecule has 1 amide bonds. The highest BCUT2D eigenvalue weighted by atomic mass is 19.4. The number of anilines is 1. The van der Waals surface area contributed by atoms with Crippen LogP contribution >= 0.6 is 0 Å². The van der Waals surface area contributed by atoms with E-state index in [-0.39, 0.29) is 12.3 Å². The molecule has 1 aliphatic rings. The summed E-state index contributed by atoms with van der Waals surface area (Å²) in [4.78, 5) is 20.7. The lowest BCUT2D eigenvalue weighted by atomic mass is 9.87. The molecule has 0 bridgehead atoms. The first-order valence-electron chi connectivity index (χ1n) is 12.2. The van der Waals surface area contributed by atoms with Gasteiger partial charge in [0, 0.05) is 55.6 Å². The number of halogens is 3. The number of rotatable bonds is 6. The van der Waals surface area contributed by atoms with E-state index in [1.54, 1.807) is 18.1 Å². The molecule has 0 aliphatic carbocycles. The van der Waals surface area contributed by atoms with Gasteiger partial charge in [0.15, 0.2) is 0 Å². The van der Waals surface area contributed by atoms with Crippen molar-refractivity contribution in [3.05, 3.63) is 95.7 Å². The van der Waals surface area contributed by atoms with Crippen molar-refractivity contribution >= 4 is 22.5 Å². The molecular formula is C29H28F3N3O2. The van der Waals surface area contributed by atoms with E-state index in [4.69, 9.17) is 4.74 Å².